The topological polar surface area (TPSA) is 38.7 Å². The fourth-order valence-electron chi connectivity index (χ4n) is 3.47. The third-order valence-corrected chi connectivity index (χ3v) is 6.21. The summed E-state index contributed by atoms with van der Waals surface area (Å²) in [7, 11) is -1.64. The van der Waals surface area contributed by atoms with Crippen molar-refractivity contribution in [1.82, 2.24) is 0 Å². The van der Waals surface area contributed by atoms with Crippen molar-refractivity contribution in [2.45, 2.75) is 142 Å². The molecule has 0 saturated carbocycles. The molecule has 0 aliphatic carbocycles. The molecule has 1 atom stereocenters. The van der Waals surface area contributed by atoms with Crippen molar-refractivity contribution in [3.05, 3.63) is 0 Å². The first-order valence-corrected chi connectivity index (χ1v) is 13.7. The first-order chi connectivity index (χ1) is 13.8. The predicted molar refractivity (Wildman–Crippen MR) is 125 cm³/mol. The highest BCUT2D eigenvalue weighted by atomic mass is 31.2. The van der Waals surface area contributed by atoms with Crippen molar-refractivity contribution < 1.29 is 13.9 Å². The lowest BCUT2D eigenvalue weighted by Gasteiger charge is -2.10. The Hall–Kier alpha value is 0.310. The molecule has 28 heavy (non-hydrogen) atoms. The maximum absolute atomic E-state index is 9.54. The molecule has 0 fully saturated rings. The molecule has 0 aliphatic heterocycles. The molecule has 0 bridgehead atoms. The van der Waals surface area contributed by atoms with Gasteiger partial charge in [-0.3, -0.25) is 0 Å². The maximum atomic E-state index is 9.54. The van der Waals surface area contributed by atoms with Gasteiger partial charge in [0, 0.05) is 0 Å². The molecule has 3 nitrogen and oxygen atoms in total. The lowest BCUT2D eigenvalue weighted by Crippen LogP contribution is -1.95. The van der Waals surface area contributed by atoms with Crippen molar-refractivity contribution in [3.63, 3.8) is 0 Å². The van der Waals surface area contributed by atoms with E-state index in [1.54, 1.807) is 0 Å². The monoisotopic (exact) mass is 418 g/mol. The van der Waals surface area contributed by atoms with Crippen LogP contribution in [0.15, 0.2) is 0 Å². The van der Waals surface area contributed by atoms with E-state index in [1.807, 2.05) is 0 Å². The first-order valence-electron chi connectivity index (χ1n) is 12.6. The second kappa shape index (κ2) is 25.3. The molecular formula is C24H51O3P. The highest BCUT2D eigenvalue weighted by Gasteiger charge is 2.05. The Morgan fingerprint density at radius 3 is 1.07 bits per heavy atom. The quantitative estimate of drug-likeness (QED) is 0.125. The van der Waals surface area contributed by atoms with Crippen molar-refractivity contribution >= 4 is 8.60 Å². The Bertz CT molecular complexity index is 277. The van der Waals surface area contributed by atoms with E-state index in [-0.39, 0.29) is 0 Å². The van der Waals surface area contributed by atoms with Crippen molar-refractivity contribution in [2.75, 3.05) is 13.2 Å². The van der Waals surface area contributed by atoms with E-state index in [9.17, 15) is 4.89 Å². The molecule has 170 valence electrons. The third-order valence-electron chi connectivity index (χ3n) is 5.40. The average Bonchev–Trinajstić information content (AvgIpc) is 2.70. The maximum Gasteiger partial charge on any atom is 0.329 e. The summed E-state index contributed by atoms with van der Waals surface area (Å²) in [6, 6.07) is 0. The van der Waals surface area contributed by atoms with Crippen LogP contribution in [0.3, 0.4) is 0 Å². The zero-order valence-corrected chi connectivity index (χ0v) is 20.2. The van der Waals surface area contributed by atoms with Crippen LogP contribution in [0, 0.1) is 0 Å². The molecule has 0 rings (SSSR count). The summed E-state index contributed by atoms with van der Waals surface area (Å²) in [6.45, 7) is 5.64. The fourth-order valence-corrected chi connectivity index (χ4v) is 4.12. The molecule has 0 saturated heterocycles. The van der Waals surface area contributed by atoms with Crippen LogP contribution in [-0.4, -0.2) is 18.1 Å². The van der Waals surface area contributed by atoms with E-state index in [0.29, 0.717) is 13.2 Å². The minimum atomic E-state index is -1.64. The highest BCUT2D eigenvalue weighted by molar-refractivity contribution is 7.40. The van der Waals surface area contributed by atoms with Gasteiger partial charge in [0.2, 0.25) is 0 Å². The Kier molecular flexibility index (Phi) is 25.6. The van der Waals surface area contributed by atoms with Crippen LogP contribution in [0.25, 0.3) is 0 Å². The van der Waals surface area contributed by atoms with Crippen LogP contribution in [-0.2, 0) is 9.05 Å². The minimum absolute atomic E-state index is 0.609. The van der Waals surface area contributed by atoms with Crippen LogP contribution < -0.4 is 0 Å². The molecule has 0 aromatic rings. The number of rotatable bonds is 24. The van der Waals surface area contributed by atoms with Gasteiger partial charge in [0.1, 0.15) is 0 Å². The normalized spacial score (nSPS) is 12.5. The van der Waals surface area contributed by atoms with E-state index in [4.69, 9.17) is 9.05 Å². The van der Waals surface area contributed by atoms with E-state index >= 15 is 0 Å². The first kappa shape index (κ1) is 28.3. The predicted octanol–water partition coefficient (Wildman–Crippen LogP) is 9.08. The van der Waals surface area contributed by atoms with Gasteiger partial charge in [-0.15, -0.1) is 0 Å². The molecule has 0 heterocycles. The van der Waals surface area contributed by atoms with Gasteiger partial charge < -0.3 is 13.9 Å². The summed E-state index contributed by atoms with van der Waals surface area (Å²) in [5, 5.41) is 0. The summed E-state index contributed by atoms with van der Waals surface area (Å²) in [6.07, 6.45) is 27.0. The van der Waals surface area contributed by atoms with Crippen molar-refractivity contribution in [3.8, 4) is 0 Å². The second-order valence-electron chi connectivity index (χ2n) is 8.27. The van der Waals surface area contributed by atoms with Gasteiger partial charge in [-0.25, -0.2) is 0 Å². The Labute approximate surface area is 178 Å². The van der Waals surface area contributed by atoms with Gasteiger partial charge in [-0.05, 0) is 12.8 Å². The molecule has 0 aromatic carbocycles. The third kappa shape index (κ3) is 24.3. The smallest absolute Gasteiger partial charge is 0.328 e. The zero-order chi connectivity index (χ0) is 20.5. The van der Waals surface area contributed by atoms with E-state index in [0.717, 1.165) is 19.3 Å². The van der Waals surface area contributed by atoms with Gasteiger partial charge in [-0.1, -0.05) is 129 Å². The van der Waals surface area contributed by atoms with Crippen LogP contribution in [0.4, 0.5) is 0 Å². The molecule has 0 aliphatic rings. The molecule has 0 radical (unpaired) electrons. The molecule has 0 aromatic heterocycles. The molecule has 0 spiro atoms. The lowest BCUT2D eigenvalue weighted by molar-refractivity contribution is 0.195. The van der Waals surface area contributed by atoms with Crippen LogP contribution in [0.1, 0.15) is 142 Å². The van der Waals surface area contributed by atoms with Gasteiger partial charge >= 0.3 is 8.60 Å². The zero-order valence-electron chi connectivity index (χ0n) is 19.3. The van der Waals surface area contributed by atoms with Crippen LogP contribution in [0.5, 0.6) is 0 Å². The Morgan fingerprint density at radius 2 is 0.714 bits per heavy atom. The van der Waals surface area contributed by atoms with Crippen molar-refractivity contribution in [1.29, 1.82) is 0 Å². The molecule has 1 N–H and O–H groups in total. The molecular weight excluding hydrogens is 367 g/mol. The Balaban J connectivity index is 3.05. The van der Waals surface area contributed by atoms with Gasteiger partial charge in [0.25, 0.3) is 0 Å². The summed E-state index contributed by atoms with van der Waals surface area (Å²) in [5.74, 6) is 0. The summed E-state index contributed by atoms with van der Waals surface area (Å²) in [5.41, 5.74) is 0. The van der Waals surface area contributed by atoms with Crippen LogP contribution >= 0.6 is 8.60 Å². The summed E-state index contributed by atoms with van der Waals surface area (Å²) >= 11 is 0. The average molecular weight is 419 g/mol. The largest absolute Gasteiger partial charge is 0.329 e. The molecule has 0 amide bonds. The number of unbranched alkanes of at least 4 members (excludes halogenated alkanes) is 18. The SMILES string of the molecule is CCCCCCCCCCCCCCCCCCCCOP(O)OCCCC. The van der Waals surface area contributed by atoms with Crippen LogP contribution in [0.2, 0.25) is 0 Å². The van der Waals surface area contributed by atoms with Gasteiger partial charge in [0.05, 0.1) is 13.2 Å². The van der Waals surface area contributed by atoms with E-state index in [1.165, 1.54) is 109 Å². The van der Waals surface area contributed by atoms with Gasteiger partial charge in [-0.2, -0.15) is 0 Å². The summed E-state index contributed by atoms with van der Waals surface area (Å²) < 4.78 is 10.5. The Morgan fingerprint density at radius 1 is 0.429 bits per heavy atom. The number of hydrogen-bond donors (Lipinski definition) is 1. The van der Waals surface area contributed by atoms with E-state index < -0.39 is 8.60 Å². The lowest BCUT2D eigenvalue weighted by atomic mass is 10.0. The highest BCUT2D eigenvalue weighted by Crippen LogP contribution is 2.33. The summed E-state index contributed by atoms with van der Waals surface area (Å²) in [4.78, 5) is 9.54. The van der Waals surface area contributed by atoms with Crippen molar-refractivity contribution in [2.24, 2.45) is 0 Å². The van der Waals surface area contributed by atoms with E-state index in [2.05, 4.69) is 13.8 Å². The minimum Gasteiger partial charge on any atom is -0.328 e. The number of hydrogen-bond acceptors (Lipinski definition) is 3. The van der Waals surface area contributed by atoms with Gasteiger partial charge in [0.15, 0.2) is 0 Å². The molecule has 1 unspecified atom stereocenters. The standard InChI is InChI=1S/C24H51O3P/c1-3-5-7-8-9-10-11-12-13-14-15-16-17-18-19-20-21-22-24-27-28(25)26-23-6-4-2/h25H,3-24H2,1-2H3. The second-order valence-corrected chi connectivity index (χ2v) is 9.26. The molecule has 4 heteroatoms. The fraction of sp³-hybridized carbons (Fsp3) is 1.00.